The summed E-state index contributed by atoms with van der Waals surface area (Å²) in [5, 5.41) is 2.78. The van der Waals surface area contributed by atoms with Crippen LogP contribution in [-0.4, -0.2) is 35.5 Å². The molecule has 0 saturated heterocycles. The Balaban J connectivity index is 3.04. The number of carbonyl (C=O) groups is 1. The van der Waals surface area contributed by atoms with Gasteiger partial charge in [0.2, 0.25) is 5.91 Å². The van der Waals surface area contributed by atoms with Crippen molar-refractivity contribution in [1.29, 1.82) is 0 Å². The quantitative estimate of drug-likeness (QED) is 0.507. The molecule has 0 unspecified atom stereocenters. The number of aromatic nitrogens is 2. The van der Waals surface area contributed by atoms with Gasteiger partial charge in [-0.3, -0.25) is 4.79 Å². The van der Waals surface area contributed by atoms with E-state index in [1.54, 1.807) is 6.92 Å². The van der Waals surface area contributed by atoms with Crippen molar-refractivity contribution in [3.8, 4) is 0 Å². The SMILES string of the molecule is CCNC(=O)CN(CC)c1nc(C)nc(NN)c1C. The van der Waals surface area contributed by atoms with Crippen molar-refractivity contribution in [2.45, 2.75) is 27.7 Å². The number of nitrogens with one attached hydrogen (secondary N) is 2. The van der Waals surface area contributed by atoms with Crippen molar-refractivity contribution < 1.29 is 4.79 Å². The first kappa shape index (κ1) is 15.2. The third-order valence-corrected chi connectivity index (χ3v) is 2.76. The first-order chi connectivity index (χ1) is 9.03. The Hall–Kier alpha value is -1.89. The molecule has 1 aromatic rings. The topological polar surface area (TPSA) is 96.2 Å². The van der Waals surface area contributed by atoms with Gasteiger partial charge in [-0.15, -0.1) is 0 Å². The van der Waals surface area contributed by atoms with Gasteiger partial charge in [0, 0.05) is 18.7 Å². The fourth-order valence-corrected chi connectivity index (χ4v) is 1.82. The monoisotopic (exact) mass is 266 g/mol. The minimum absolute atomic E-state index is 0.0257. The highest BCUT2D eigenvalue weighted by Gasteiger charge is 2.16. The van der Waals surface area contributed by atoms with Gasteiger partial charge in [0.25, 0.3) is 0 Å². The van der Waals surface area contributed by atoms with E-state index in [0.29, 0.717) is 24.7 Å². The maximum Gasteiger partial charge on any atom is 0.239 e. The van der Waals surface area contributed by atoms with E-state index in [9.17, 15) is 4.79 Å². The van der Waals surface area contributed by atoms with Crippen LogP contribution in [0.4, 0.5) is 11.6 Å². The van der Waals surface area contributed by atoms with Gasteiger partial charge >= 0.3 is 0 Å². The number of carbonyl (C=O) groups excluding carboxylic acids is 1. The van der Waals surface area contributed by atoms with Crippen LogP contribution >= 0.6 is 0 Å². The van der Waals surface area contributed by atoms with E-state index in [1.165, 1.54) is 0 Å². The highest BCUT2D eigenvalue weighted by molar-refractivity contribution is 5.81. The number of nitrogen functional groups attached to an aromatic ring is 1. The highest BCUT2D eigenvalue weighted by atomic mass is 16.2. The molecule has 19 heavy (non-hydrogen) atoms. The van der Waals surface area contributed by atoms with Crippen LogP contribution in [-0.2, 0) is 4.79 Å². The summed E-state index contributed by atoms with van der Waals surface area (Å²) >= 11 is 0. The zero-order valence-electron chi connectivity index (χ0n) is 11.9. The molecule has 106 valence electrons. The zero-order valence-corrected chi connectivity index (χ0v) is 11.9. The molecule has 1 amide bonds. The number of likely N-dealkylation sites (N-methyl/N-ethyl adjacent to an activating group) is 2. The van der Waals surface area contributed by atoms with E-state index in [0.717, 1.165) is 11.4 Å². The summed E-state index contributed by atoms with van der Waals surface area (Å²) in [7, 11) is 0. The number of anilines is 2. The largest absolute Gasteiger partial charge is 0.355 e. The van der Waals surface area contributed by atoms with Crippen molar-refractivity contribution in [2.75, 3.05) is 30.0 Å². The van der Waals surface area contributed by atoms with Crippen LogP contribution < -0.4 is 21.5 Å². The lowest BCUT2D eigenvalue weighted by molar-refractivity contribution is -0.119. The summed E-state index contributed by atoms with van der Waals surface area (Å²) in [6, 6.07) is 0. The predicted octanol–water partition coefficient (Wildman–Crippen LogP) is 0.341. The Kier molecular flexibility index (Phi) is 5.50. The Morgan fingerprint density at radius 2 is 2.00 bits per heavy atom. The smallest absolute Gasteiger partial charge is 0.239 e. The van der Waals surface area contributed by atoms with Crippen molar-refractivity contribution >= 4 is 17.5 Å². The molecule has 0 radical (unpaired) electrons. The summed E-state index contributed by atoms with van der Waals surface area (Å²) in [4.78, 5) is 22.2. The lowest BCUT2D eigenvalue weighted by Crippen LogP contribution is -2.38. The molecule has 1 aromatic heterocycles. The molecular weight excluding hydrogens is 244 g/mol. The maximum absolute atomic E-state index is 11.7. The molecule has 1 heterocycles. The summed E-state index contributed by atoms with van der Waals surface area (Å²) in [6.45, 7) is 9.11. The molecular formula is C12H22N6O. The number of amides is 1. The van der Waals surface area contributed by atoms with Crippen molar-refractivity contribution in [3.63, 3.8) is 0 Å². The van der Waals surface area contributed by atoms with Gasteiger partial charge in [-0.05, 0) is 27.7 Å². The number of hydrazine groups is 1. The predicted molar refractivity (Wildman–Crippen MR) is 75.9 cm³/mol. The van der Waals surface area contributed by atoms with Crippen LogP contribution in [0, 0.1) is 13.8 Å². The summed E-state index contributed by atoms with van der Waals surface area (Å²) in [5.41, 5.74) is 3.39. The van der Waals surface area contributed by atoms with Gasteiger partial charge in [-0.1, -0.05) is 0 Å². The van der Waals surface area contributed by atoms with E-state index in [2.05, 4.69) is 20.7 Å². The van der Waals surface area contributed by atoms with E-state index in [-0.39, 0.29) is 12.5 Å². The van der Waals surface area contributed by atoms with Crippen molar-refractivity contribution in [3.05, 3.63) is 11.4 Å². The second-order valence-electron chi connectivity index (χ2n) is 4.18. The third-order valence-electron chi connectivity index (χ3n) is 2.76. The Labute approximate surface area is 113 Å². The fraction of sp³-hybridized carbons (Fsp3) is 0.583. The molecule has 1 rings (SSSR count). The molecule has 0 aromatic carbocycles. The van der Waals surface area contributed by atoms with Crippen LogP contribution in [0.2, 0.25) is 0 Å². The molecule has 0 spiro atoms. The Morgan fingerprint density at radius 1 is 1.32 bits per heavy atom. The van der Waals surface area contributed by atoms with Gasteiger partial charge in [-0.25, -0.2) is 15.8 Å². The van der Waals surface area contributed by atoms with Gasteiger partial charge in [0.15, 0.2) is 0 Å². The number of nitrogens with zero attached hydrogens (tertiary/aromatic N) is 3. The number of nitrogens with two attached hydrogens (primary N) is 1. The van der Waals surface area contributed by atoms with E-state index < -0.39 is 0 Å². The number of aryl methyl sites for hydroxylation is 1. The first-order valence-electron chi connectivity index (χ1n) is 6.36. The number of hydrogen-bond acceptors (Lipinski definition) is 6. The van der Waals surface area contributed by atoms with Crippen molar-refractivity contribution in [2.24, 2.45) is 5.84 Å². The van der Waals surface area contributed by atoms with Gasteiger partial charge in [-0.2, -0.15) is 0 Å². The molecule has 4 N–H and O–H groups in total. The second kappa shape index (κ2) is 6.89. The Morgan fingerprint density at radius 3 is 2.53 bits per heavy atom. The van der Waals surface area contributed by atoms with Crippen LogP contribution in [0.25, 0.3) is 0 Å². The van der Waals surface area contributed by atoms with Crippen molar-refractivity contribution in [1.82, 2.24) is 15.3 Å². The van der Waals surface area contributed by atoms with Gasteiger partial charge < -0.3 is 15.6 Å². The molecule has 0 aliphatic carbocycles. The maximum atomic E-state index is 11.7. The van der Waals surface area contributed by atoms with Crippen LogP contribution in [0.3, 0.4) is 0 Å². The lowest BCUT2D eigenvalue weighted by Gasteiger charge is -2.24. The second-order valence-corrected chi connectivity index (χ2v) is 4.18. The molecule has 0 aliphatic rings. The average Bonchev–Trinajstić information content (AvgIpc) is 2.38. The normalized spacial score (nSPS) is 10.2. The molecule has 7 nitrogen and oxygen atoms in total. The highest BCUT2D eigenvalue weighted by Crippen LogP contribution is 2.22. The summed E-state index contributed by atoms with van der Waals surface area (Å²) in [5.74, 6) is 7.34. The standard InChI is InChI=1S/C12H22N6O/c1-5-14-10(19)7-18(6-2)12-8(3)11(17-13)15-9(4)16-12/h5-7,13H2,1-4H3,(H,14,19)(H,15,16,17). The number of hydrogen-bond donors (Lipinski definition) is 3. The van der Waals surface area contributed by atoms with E-state index >= 15 is 0 Å². The third kappa shape index (κ3) is 3.78. The summed E-state index contributed by atoms with van der Waals surface area (Å²) < 4.78 is 0. The lowest BCUT2D eigenvalue weighted by atomic mass is 10.2. The average molecular weight is 266 g/mol. The minimum Gasteiger partial charge on any atom is -0.355 e. The molecule has 0 atom stereocenters. The molecule has 0 bridgehead atoms. The molecule has 0 saturated carbocycles. The molecule has 0 fully saturated rings. The van der Waals surface area contributed by atoms with E-state index in [1.807, 2.05) is 25.7 Å². The number of rotatable bonds is 6. The van der Waals surface area contributed by atoms with Crippen LogP contribution in [0.1, 0.15) is 25.2 Å². The van der Waals surface area contributed by atoms with Crippen LogP contribution in [0.15, 0.2) is 0 Å². The molecule has 7 heteroatoms. The minimum atomic E-state index is -0.0257. The first-order valence-corrected chi connectivity index (χ1v) is 6.36. The summed E-state index contributed by atoms with van der Waals surface area (Å²) in [6.07, 6.45) is 0. The Bertz CT molecular complexity index is 448. The molecule has 0 aliphatic heterocycles. The van der Waals surface area contributed by atoms with Gasteiger partial charge in [0.05, 0.1) is 6.54 Å². The van der Waals surface area contributed by atoms with Gasteiger partial charge in [0.1, 0.15) is 17.5 Å². The zero-order chi connectivity index (χ0) is 14.4. The van der Waals surface area contributed by atoms with Crippen LogP contribution in [0.5, 0.6) is 0 Å². The fourth-order valence-electron chi connectivity index (χ4n) is 1.82. The van der Waals surface area contributed by atoms with E-state index in [4.69, 9.17) is 5.84 Å².